The van der Waals surface area contributed by atoms with Crippen LogP contribution in [0.3, 0.4) is 0 Å². The van der Waals surface area contributed by atoms with E-state index < -0.39 is 55.8 Å². The Kier molecular flexibility index (Phi) is 6.09. The number of nitrogens with zero attached hydrogens (tertiary/aromatic N) is 2. The van der Waals surface area contributed by atoms with Crippen molar-refractivity contribution in [3.8, 4) is 0 Å². The smallest absolute Gasteiger partial charge is 0.437 e. The van der Waals surface area contributed by atoms with E-state index in [2.05, 4.69) is 4.98 Å². The number of carbonyl (C=O) groups is 1. The summed E-state index contributed by atoms with van der Waals surface area (Å²) in [4.78, 5) is 27.5. The Bertz CT molecular complexity index is 919. The van der Waals surface area contributed by atoms with Crippen LogP contribution in [0.25, 0.3) is 0 Å². The van der Waals surface area contributed by atoms with Gasteiger partial charge in [0.25, 0.3) is 0 Å². The van der Waals surface area contributed by atoms with Gasteiger partial charge in [0, 0.05) is 6.20 Å². The molecule has 5 atom stereocenters. The molecule has 2 fully saturated rings. The van der Waals surface area contributed by atoms with E-state index in [0.29, 0.717) is 0 Å². The molecule has 1 aromatic heterocycles. The van der Waals surface area contributed by atoms with E-state index in [-0.39, 0.29) is 18.8 Å². The molecule has 0 amide bonds. The van der Waals surface area contributed by atoms with Crippen LogP contribution in [0.4, 0.5) is 10.2 Å². The van der Waals surface area contributed by atoms with Crippen molar-refractivity contribution in [3.63, 3.8) is 0 Å². The minimum Gasteiger partial charge on any atom is -0.437 e. The Morgan fingerprint density at radius 2 is 2.20 bits per heavy atom. The highest BCUT2D eigenvalue weighted by atomic mass is 31.2. The van der Waals surface area contributed by atoms with Gasteiger partial charge in [-0.2, -0.15) is 4.98 Å². The number of fused-ring (bicyclic) bond motifs is 1. The maximum Gasteiger partial charge on any atom is 0.478 e. The molecule has 0 radical (unpaired) electrons. The Balaban J connectivity index is 1.75. The van der Waals surface area contributed by atoms with Gasteiger partial charge in [0.1, 0.15) is 17.5 Å². The van der Waals surface area contributed by atoms with Crippen molar-refractivity contribution in [2.24, 2.45) is 5.41 Å². The van der Waals surface area contributed by atoms with Crippen molar-refractivity contribution >= 4 is 19.6 Å². The lowest BCUT2D eigenvalue weighted by molar-refractivity contribution is -0.167. The van der Waals surface area contributed by atoms with Crippen LogP contribution in [0.5, 0.6) is 0 Å². The molecule has 3 heterocycles. The third-order valence-corrected chi connectivity index (χ3v) is 6.23. The number of alkyl halides is 1. The van der Waals surface area contributed by atoms with Crippen LogP contribution >= 0.6 is 7.82 Å². The number of esters is 1. The van der Waals surface area contributed by atoms with Crippen LogP contribution in [-0.4, -0.2) is 46.8 Å². The SMILES string of the molecule is CC[C@@]12COP(=O)(OCOC(=O)C(C)(C)C)O[C@H]1[C@@H](F)[C@H](n1ccc(N)nc1=O)O2. The monoisotopic (exact) mass is 449 g/mol. The Labute approximate surface area is 172 Å². The summed E-state index contributed by atoms with van der Waals surface area (Å²) in [6, 6.07) is 1.33. The van der Waals surface area contributed by atoms with Crippen LogP contribution in [0.1, 0.15) is 40.3 Å². The fourth-order valence-electron chi connectivity index (χ4n) is 3.09. The van der Waals surface area contributed by atoms with Crippen molar-refractivity contribution in [1.29, 1.82) is 0 Å². The highest BCUT2D eigenvalue weighted by molar-refractivity contribution is 7.48. The molecule has 1 aromatic rings. The summed E-state index contributed by atoms with van der Waals surface area (Å²) in [5, 5.41) is 0. The molecule has 30 heavy (non-hydrogen) atoms. The van der Waals surface area contributed by atoms with Gasteiger partial charge in [-0.1, -0.05) is 6.92 Å². The van der Waals surface area contributed by atoms with Crippen molar-refractivity contribution in [2.75, 3.05) is 19.1 Å². The fraction of sp³-hybridized carbons (Fsp3) is 0.706. The summed E-state index contributed by atoms with van der Waals surface area (Å²) >= 11 is 0. The number of ether oxygens (including phenoxy) is 2. The van der Waals surface area contributed by atoms with E-state index in [1.54, 1.807) is 27.7 Å². The highest BCUT2D eigenvalue weighted by Gasteiger charge is 2.62. The summed E-state index contributed by atoms with van der Waals surface area (Å²) in [5.41, 5.74) is 2.57. The van der Waals surface area contributed by atoms with E-state index in [9.17, 15) is 14.2 Å². The molecular formula is C17H25FN3O8P. The zero-order valence-corrected chi connectivity index (χ0v) is 18.0. The highest BCUT2D eigenvalue weighted by Crippen LogP contribution is 2.60. The molecule has 0 saturated carbocycles. The number of carbonyl (C=O) groups excluding carboxylic acids is 1. The van der Waals surface area contributed by atoms with Gasteiger partial charge in [0.15, 0.2) is 12.4 Å². The predicted molar refractivity (Wildman–Crippen MR) is 101 cm³/mol. The summed E-state index contributed by atoms with van der Waals surface area (Å²) in [7, 11) is -4.24. The topological polar surface area (TPSA) is 141 Å². The first-order chi connectivity index (χ1) is 13.9. The van der Waals surface area contributed by atoms with E-state index >= 15 is 4.39 Å². The van der Waals surface area contributed by atoms with Crippen molar-refractivity contribution in [3.05, 3.63) is 22.7 Å². The molecule has 2 N–H and O–H groups in total. The number of anilines is 1. The molecule has 2 saturated heterocycles. The molecule has 0 spiro atoms. The molecule has 13 heteroatoms. The largest absolute Gasteiger partial charge is 0.478 e. The van der Waals surface area contributed by atoms with E-state index in [1.165, 1.54) is 12.3 Å². The predicted octanol–water partition coefficient (Wildman–Crippen LogP) is 1.93. The number of rotatable bonds is 5. The average molecular weight is 449 g/mol. The number of phosphoric ester groups is 1. The third-order valence-electron chi connectivity index (χ3n) is 4.88. The lowest BCUT2D eigenvalue weighted by Gasteiger charge is -2.39. The van der Waals surface area contributed by atoms with Crippen LogP contribution in [0.2, 0.25) is 0 Å². The van der Waals surface area contributed by atoms with Crippen molar-refractivity contribution in [2.45, 2.75) is 58.2 Å². The van der Waals surface area contributed by atoms with Gasteiger partial charge in [-0.05, 0) is 33.3 Å². The summed E-state index contributed by atoms with van der Waals surface area (Å²) in [5.74, 6) is -0.605. The van der Waals surface area contributed by atoms with Crippen LogP contribution in [0.15, 0.2) is 17.1 Å². The molecule has 2 aliphatic rings. The first kappa shape index (κ1) is 22.8. The number of hydrogen-bond acceptors (Lipinski definition) is 10. The van der Waals surface area contributed by atoms with Crippen LogP contribution in [-0.2, 0) is 32.4 Å². The Morgan fingerprint density at radius 3 is 2.80 bits per heavy atom. The summed E-state index contributed by atoms with van der Waals surface area (Å²) < 4.78 is 55.3. The standard InChI is InChI=1S/C17H25FN3O8P/c1-5-17-8-26-30(24,27-9-25-14(22)16(2,3)4)29-12(17)11(18)13(28-17)21-7-6-10(19)20-15(21)23/h6-7,11-13H,5,8-9H2,1-4H3,(H2,19,20,23)/t11-,12+,13-,17-,30?/m1/s1. The number of halogens is 1. The van der Waals surface area contributed by atoms with Gasteiger partial charge in [-0.15, -0.1) is 0 Å². The molecule has 168 valence electrons. The van der Waals surface area contributed by atoms with Crippen molar-refractivity contribution < 1.29 is 36.8 Å². The zero-order chi connectivity index (χ0) is 22.3. The molecule has 0 aliphatic carbocycles. The zero-order valence-electron chi connectivity index (χ0n) is 17.1. The molecule has 11 nitrogen and oxygen atoms in total. The molecule has 0 aromatic carbocycles. The normalized spacial score (nSPS) is 33.8. The van der Waals surface area contributed by atoms with E-state index in [4.69, 9.17) is 28.8 Å². The quantitative estimate of drug-likeness (QED) is 0.403. The van der Waals surface area contributed by atoms with Crippen LogP contribution < -0.4 is 11.4 Å². The van der Waals surface area contributed by atoms with Gasteiger partial charge in [-0.25, -0.2) is 18.3 Å². The summed E-state index contributed by atoms with van der Waals surface area (Å²) in [6.45, 7) is 5.62. The van der Waals surface area contributed by atoms with Crippen LogP contribution in [0, 0.1) is 5.41 Å². The second kappa shape index (κ2) is 8.01. The second-order valence-electron chi connectivity index (χ2n) is 8.09. The van der Waals surface area contributed by atoms with Gasteiger partial charge in [0.05, 0.1) is 12.0 Å². The van der Waals surface area contributed by atoms with E-state index in [1.807, 2.05) is 0 Å². The van der Waals surface area contributed by atoms with Gasteiger partial charge in [-0.3, -0.25) is 18.4 Å². The van der Waals surface area contributed by atoms with Gasteiger partial charge in [0.2, 0.25) is 6.79 Å². The number of nitrogens with two attached hydrogens (primary N) is 1. The number of phosphoric acid groups is 1. The number of nitrogen functional groups attached to an aromatic ring is 1. The third kappa shape index (κ3) is 4.28. The molecule has 2 aliphatic heterocycles. The van der Waals surface area contributed by atoms with Gasteiger partial charge >= 0.3 is 19.5 Å². The minimum atomic E-state index is -4.24. The molecular weight excluding hydrogens is 424 g/mol. The number of hydrogen-bond donors (Lipinski definition) is 1. The van der Waals surface area contributed by atoms with Crippen molar-refractivity contribution in [1.82, 2.24) is 9.55 Å². The lowest BCUT2D eigenvalue weighted by Crippen LogP contribution is -2.49. The lowest BCUT2D eigenvalue weighted by atomic mass is 9.94. The second-order valence-corrected chi connectivity index (χ2v) is 9.71. The maximum absolute atomic E-state index is 15.3. The molecule has 1 unspecified atom stereocenters. The Morgan fingerprint density at radius 1 is 1.50 bits per heavy atom. The maximum atomic E-state index is 15.3. The van der Waals surface area contributed by atoms with Gasteiger partial charge < -0.3 is 15.2 Å². The van der Waals surface area contributed by atoms with E-state index in [0.717, 1.165) is 4.57 Å². The minimum absolute atomic E-state index is 0.0189. The fourth-order valence-corrected chi connectivity index (χ4v) is 4.43. The number of aromatic nitrogens is 2. The molecule has 0 bridgehead atoms. The summed E-state index contributed by atoms with van der Waals surface area (Å²) in [6.07, 6.45) is -3.12. The first-order valence-electron chi connectivity index (χ1n) is 9.32. The molecule has 3 rings (SSSR count). The Hall–Kier alpha value is -1.85. The average Bonchev–Trinajstić information content (AvgIpc) is 2.94. The first-order valence-corrected chi connectivity index (χ1v) is 10.8.